The van der Waals surface area contributed by atoms with E-state index in [1.807, 2.05) is 13.8 Å². The molecular formula is C15H20N2O3. The SMILES string of the molecule is CCC(CC)(NCc1cc(C#N)ccc1OC)C(=O)O. The molecule has 1 aromatic rings. The van der Waals surface area contributed by atoms with Crippen LogP contribution < -0.4 is 10.1 Å². The highest BCUT2D eigenvalue weighted by molar-refractivity contribution is 5.78. The van der Waals surface area contributed by atoms with Crippen molar-refractivity contribution in [3.8, 4) is 11.8 Å². The third kappa shape index (κ3) is 3.28. The topological polar surface area (TPSA) is 82.3 Å². The number of carbonyl (C=O) groups is 1. The normalized spacial score (nSPS) is 10.9. The molecule has 5 nitrogen and oxygen atoms in total. The summed E-state index contributed by atoms with van der Waals surface area (Å²) in [4.78, 5) is 11.4. The van der Waals surface area contributed by atoms with Crippen molar-refractivity contribution in [1.82, 2.24) is 5.32 Å². The van der Waals surface area contributed by atoms with Crippen molar-refractivity contribution in [2.75, 3.05) is 7.11 Å². The monoisotopic (exact) mass is 276 g/mol. The third-order valence-electron chi connectivity index (χ3n) is 3.64. The maximum absolute atomic E-state index is 11.4. The number of methoxy groups -OCH3 is 1. The fraction of sp³-hybridized carbons (Fsp3) is 0.467. The van der Waals surface area contributed by atoms with E-state index in [1.165, 1.54) is 0 Å². The van der Waals surface area contributed by atoms with E-state index in [4.69, 9.17) is 10.00 Å². The second kappa shape index (κ2) is 6.92. The lowest BCUT2D eigenvalue weighted by atomic mass is 9.92. The second-order valence-electron chi connectivity index (χ2n) is 4.59. The van der Waals surface area contributed by atoms with Crippen LogP contribution in [0.2, 0.25) is 0 Å². The van der Waals surface area contributed by atoms with Gasteiger partial charge in [0.2, 0.25) is 0 Å². The van der Waals surface area contributed by atoms with Crippen LogP contribution in [0.1, 0.15) is 37.8 Å². The van der Waals surface area contributed by atoms with Gasteiger partial charge < -0.3 is 9.84 Å². The van der Waals surface area contributed by atoms with Gasteiger partial charge in [-0.25, -0.2) is 0 Å². The van der Waals surface area contributed by atoms with Crippen LogP contribution in [0.15, 0.2) is 18.2 Å². The summed E-state index contributed by atoms with van der Waals surface area (Å²) in [5.74, 6) is -0.221. The highest BCUT2D eigenvalue weighted by Gasteiger charge is 2.34. The van der Waals surface area contributed by atoms with Crippen LogP contribution in [0.25, 0.3) is 0 Å². The maximum atomic E-state index is 11.4. The summed E-state index contributed by atoms with van der Waals surface area (Å²) in [5.41, 5.74) is 0.351. The van der Waals surface area contributed by atoms with Gasteiger partial charge in [-0.05, 0) is 31.0 Å². The summed E-state index contributed by atoms with van der Waals surface area (Å²) in [5, 5.41) is 21.4. The zero-order chi connectivity index (χ0) is 15.2. The van der Waals surface area contributed by atoms with Crippen LogP contribution in [-0.2, 0) is 11.3 Å². The number of nitriles is 1. The molecule has 0 saturated carbocycles. The molecule has 108 valence electrons. The van der Waals surface area contributed by atoms with E-state index in [0.29, 0.717) is 30.7 Å². The van der Waals surface area contributed by atoms with E-state index in [9.17, 15) is 9.90 Å². The van der Waals surface area contributed by atoms with Crippen LogP contribution in [0.4, 0.5) is 0 Å². The quantitative estimate of drug-likeness (QED) is 0.798. The summed E-state index contributed by atoms with van der Waals surface area (Å²) in [6.45, 7) is 4.02. The Labute approximate surface area is 119 Å². The van der Waals surface area contributed by atoms with E-state index in [0.717, 1.165) is 5.56 Å². The van der Waals surface area contributed by atoms with Gasteiger partial charge in [0, 0.05) is 12.1 Å². The van der Waals surface area contributed by atoms with Gasteiger partial charge in [0.15, 0.2) is 0 Å². The molecule has 0 heterocycles. The van der Waals surface area contributed by atoms with Crippen molar-refractivity contribution >= 4 is 5.97 Å². The zero-order valence-corrected chi connectivity index (χ0v) is 12.1. The number of nitrogens with one attached hydrogen (secondary N) is 1. The van der Waals surface area contributed by atoms with E-state index >= 15 is 0 Å². The average molecular weight is 276 g/mol. The van der Waals surface area contributed by atoms with Crippen LogP contribution in [0.3, 0.4) is 0 Å². The predicted octanol–water partition coefficient (Wildman–Crippen LogP) is 2.30. The van der Waals surface area contributed by atoms with Gasteiger partial charge in [0.1, 0.15) is 11.3 Å². The largest absolute Gasteiger partial charge is 0.496 e. The Morgan fingerprint density at radius 3 is 2.55 bits per heavy atom. The van der Waals surface area contributed by atoms with Crippen molar-refractivity contribution in [2.24, 2.45) is 0 Å². The molecule has 0 spiro atoms. The maximum Gasteiger partial charge on any atom is 0.323 e. The van der Waals surface area contributed by atoms with E-state index in [2.05, 4.69) is 11.4 Å². The molecule has 0 aliphatic rings. The molecule has 0 aliphatic heterocycles. The van der Waals surface area contributed by atoms with E-state index in [-0.39, 0.29) is 0 Å². The predicted molar refractivity (Wildman–Crippen MR) is 75.5 cm³/mol. The number of rotatable bonds is 7. The number of carboxylic acids is 1. The molecule has 1 rings (SSSR count). The van der Waals surface area contributed by atoms with Gasteiger partial charge >= 0.3 is 5.97 Å². The van der Waals surface area contributed by atoms with Gasteiger partial charge in [-0.2, -0.15) is 5.26 Å². The average Bonchev–Trinajstić information content (AvgIpc) is 2.48. The first kappa shape index (κ1) is 16.0. The molecule has 0 atom stereocenters. The second-order valence-corrected chi connectivity index (χ2v) is 4.59. The highest BCUT2D eigenvalue weighted by Crippen LogP contribution is 2.22. The van der Waals surface area contributed by atoms with E-state index in [1.54, 1.807) is 25.3 Å². The van der Waals surface area contributed by atoms with Crippen molar-refractivity contribution in [1.29, 1.82) is 5.26 Å². The van der Waals surface area contributed by atoms with Crippen LogP contribution in [-0.4, -0.2) is 23.7 Å². The number of carboxylic acid groups (broad SMARTS) is 1. The van der Waals surface area contributed by atoms with Crippen molar-refractivity contribution in [3.05, 3.63) is 29.3 Å². The Morgan fingerprint density at radius 1 is 1.45 bits per heavy atom. The lowest BCUT2D eigenvalue weighted by molar-refractivity contribution is -0.145. The molecule has 0 saturated heterocycles. The number of aliphatic carboxylic acids is 1. The summed E-state index contributed by atoms with van der Waals surface area (Å²) in [6, 6.07) is 7.17. The highest BCUT2D eigenvalue weighted by atomic mass is 16.5. The summed E-state index contributed by atoms with van der Waals surface area (Å²) >= 11 is 0. The van der Waals surface area contributed by atoms with Crippen LogP contribution in [0, 0.1) is 11.3 Å². The number of ether oxygens (including phenoxy) is 1. The zero-order valence-electron chi connectivity index (χ0n) is 12.1. The van der Waals surface area contributed by atoms with Crippen molar-refractivity contribution in [3.63, 3.8) is 0 Å². The number of benzene rings is 1. The molecule has 0 amide bonds. The summed E-state index contributed by atoms with van der Waals surface area (Å²) in [7, 11) is 1.55. The Kier molecular flexibility index (Phi) is 5.53. The third-order valence-corrected chi connectivity index (χ3v) is 3.64. The Morgan fingerprint density at radius 2 is 2.10 bits per heavy atom. The number of nitrogens with zero attached hydrogens (tertiary/aromatic N) is 1. The van der Waals surface area contributed by atoms with Crippen LogP contribution in [0.5, 0.6) is 5.75 Å². The van der Waals surface area contributed by atoms with Crippen LogP contribution >= 0.6 is 0 Å². The minimum atomic E-state index is -0.951. The molecular weight excluding hydrogens is 256 g/mol. The molecule has 2 N–H and O–H groups in total. The van der Waals surface area contributed by atoms with Crippen molar-refractivity contribution < 1.29 is 14.6 Å². The van der Waals surface area contributed by atoms with E-state index < -0.39 is 11.5 Å². The lowest BCUT2D eigenvalue weighted by Crippen LogP contribution is -2.50. The molecule has 0 aromatic heterocycles. The molecule has 0 unspecified atom stereocenters. The molecule has 0 fully saturated rings. The Hall–Kier alpha value is -2.06. The Bertz CT molecular complexity index is 516. The smallest absolute Gasteiger partial charge is 0.323 e. The molecule has 0 aliphatic carbocycles. The minimum absolute atomic E-state index is 0.340. The number of hydrogen-bond acceptors (Lipinski definition) is 4. The first-order valence-corrected chi connectivity index (χ1v) is 6.58. The Balaban J connectivity index is 2.98. The lowest BCUT2D eigenvalue weighted by Gasteiger charge is -2.28. The molecule has 20 heavy (non-hydrogen) atoms. The summed E-state index contributed by atoms with van der Waals surface area (Å²) in [6.07, 6.45) is 0.970. The molecule has 5 heteroatoms. The van der Waals surface area contributed by atoms with Crippen molar-refractivity contribution in [2.45, 2.75) is 38.8 Å². The first-order chi connectivity index (χ1) is 9.52. The van der Waals surface area contributed by atoms with Gasteiger partial charge in [-0.3, -0.25) is 10.1 Å². The van der Waals surface area contributed by atoms with Gasteiger partial charge in [0.05, 0.1) is 18.7 Å². The standard InChI is InChI=1S/C15H20N2O3/c1-4-15(5-2,14(18)19)17-10-12-8-11(9-16)6-7-13(12)20-3/h6-8,17H,4-5,10H2,1-3H3,(H,18,19). The van der Waals surface area contributed by atoms with Gasteiger partial charge in [-0.1, -0.05) is 13.8 Å². The van der Waals surface area contributed by atoms with Gasteiger partial charge in [0.25, 0.3) is 0 Å². The summed E-state index contributed by atoms with van der Waals surface area (Å²) < 4.78 is 5.24. The first-order valence-electron chi connectivity index (χ1n) is 6.58. The molecule has 1 aromatic carbocycles. The minimum Gasteiger partial charge on any atom is -0.496 e. The fourth-order valence-corrected chi connectivity index (χ4v) is 2.13. The molecule has 0 bridgehead atoms. The molecule has 0 radical (unpaired) electrons. The number of hydrogen-bond donors (Lipinski definition) is 2. The fourth-order valence-electron chi connectivity index (χ4n) is 2.13. The van der Waals surface area contributed by atoms with Gasteiger partial charge in [-0.15, -0.1) is 0 Å².